The number of H-pyrrole nitrogens is 1. The Hall–Kier alpha value is -1.40. The summed E-state index contributed by atoms with van der Waals surface area (Å²) in [6.45, 7) is 0.646. The van der Waals surface area contributed by atoms with E-state index in [1.165, 1.54) is 0 Å². The highest BCUT2D eigenvalue weighted by Crippen LogP contribution is 2.42. The second-order valence-electron chi connectivity index (χ2n) is 4.57. The zero-order valence-electron chi connectivity index (χ0n) is 13.2. The molecule has 6 nitrogen and oxygen atoms in total. The monoisotopic (exact) mass is 258 g/mol. The molecule has 1 aromatic heterocycles. The van der Waals surface area contributed by atoms with E-state index < -0.39 is 42.0 Å². The summed E-state index contributed by atoms with van der Waals surface area (Å²) in [5.41, 5.74) is -3.64. The molecule has 0 bridgehead atoms. The maximum atomic E-state index is 11.9. The number of hydrogen-bond donors (Lipinski definition) is 2. The van der Waals surface area contributed by atoms with Crippen molar-refractivity contribution in [2.24, 2.45) is 5.92 Å². The highest BCUT2D eigenvalue weighted by atomic mass is 16.5. The smallest absolute Gasteiger partial charge is 0.330 e. The molecule has 100 valence electrons. The summed E-state index contributed by atoms with van der Waals surface area (Å²) in [7, 11) is 0. The van der Waals surface area contributed by atoms with Crippen LogP contribution in [0.25, 0.3) is 0 Å². The Morgan fingerprint density at radius 2 is 2.39 bits per heavy atom. The third kappa shape index (κ3) is 1.91. The maximum Gasteiger partial charge on any atom is 0.330 e. The van der Waals surface area contributed by atoms with Gasteiger partial charge >= 0.3 is 5.69 Å². The molecule has 0 radical (unpaired) electrons. The van der Waals surface area contributed by atoms with E-state index in [2.05, 4.69) is 0 Å². The van der Waals surface area contributed by atoms with Crippen molar-refractivity contribution < 1.29 is 14.0 Å². The van der Waals surface area contributed by atoms with E-state index in [1.807, 2.05) is 4.98 Å². The Morgan fingerprint density at radius 3 is 2.94 bits per heavy atom. The molecule has 0 unspecified atom stereocenters. The van der Waals surface area contributed by atoms with Gasteiger partial charge in [0, 0.05) is 22.3 Å². The van der Waals surface area contributed by atoms with Crippen LogP contribution < -0.4 is 11.2 Å². The average Bonchev–Trinajstić information content (AvgIpc) is 2.63. The van der Waals surface area contributed by atoms with Crippen LogP contribution in [-0.4, -0.2) is 26.4 Å². The molecular weight excluding hydrogens is 237 g/mol. The Kier molecular flexibility index (Phi) is 2.31. The Morgan fingerprint density at radius 1 is 1.67 bits per heavy atom. The molecule has 2 N–H and O–H groups in total. The molecule has 18 heavy (non-hydrogen) atoms. The van der Waals surface area contributed by atoms with Crippen LogP contribution in [-0.2, 0) is 4.74 Å². The minimum absolute atomic E-state index is 0.494. The molecule has 0 saturated carbocycles. The fourth-order valence-corrected chi connectivity index (χ4v) is 2.23. The van der Waals surface area contributed by atoms with Crippen LogP contribution in [0.1, 0.15) is 37.5 Å². The molecule has 1 aliphatic heterocycles. The largest absolute Gasteiger partial charge is 0.385 e. The van der Waals surface area contributed by atoms with Gasteiger partial charge in [-0.15, -0.1) is 0 Å². The molecule has 1 aromatic rings. The molecule has 6 heteroatoms. The number of ether oxygens (including phenoxy) is 1. The van der Waals surface area contributed by atoms with Gasteiger partial charge < -0.3 is 9.84 Å². The number of rotatable bonds is 2. The van der Waals surface area contributed by atoms with Crippen molar-refractivity contribution in [3.8, 4) is 0 Å². The van der Waals surface area contributed by atoms with E-state index >= 15 is 0 Å². The lowest BCUT2D eigenvalue weighted by Crippen LogP contribution is -2.42. The van der Waals surface area contributed by atoms with E-state index in [1.54, 1.807) is 13.8 Å². The molecule has 4 atom stereocenters. The van der Waals surface area contributed by atoms with Crippen LogP contribution in [0.2, 0.25) is 0 Å². The highest BCUT2D eigenvalue weighted by molar-refractivity contribution is 4.98. The minimum Gasteiger partial charge on any atom is -0.385 e. The number of aromatic nitrogens is 2. The summed E-state index contributed by atoms with van der Waals surface area (Å²) in [5.74, 6) is -0.696. The Balaban J connectivity index is 2.60. The van der Waals surface area contributed by atoms with Crippen LogP contribution in [0.15, 0.2) is 21.9 Å². The zero-order chi connectivity index (χ0) is 16.0. The quantitative estimate of drug-likeness (QED) is 0.744. The number of nitrogens with zero attached hydrogens (tertiary/aromatic N) is 1. The van der Waals surface area contributed by atoms with Crippen molar-refractivity contribution >= 4 is 0 Å². The average molecular weight is 258 g/mol. The first-order valence-corrected chi connectivity index (χ1v) is 5.82. The van der Waals surface area contributed by atoms with Crippen LogP contribution in [0, 0.1) is 5.92 Å². The van der Waals surface area contributed by atoms with Crippen LogP contribution in [0.3, 0.4) is 0 Å². The first-order valence-electron chi connectivity index (χ1n) is 7.32. The molecule has 0 amide bonds. The van der Waals surface area contributed by atoms with Gasteiger partial charge in [-0.25, -0.2) is 4.79 Å². The first-order chi connectivity index (χ1) is 9.62. The third-order valence-electron chi connectivity index (χ3n) is 3.44. The summed E-state index contributed by atoms with van der Waals surface area (Å²) >= 11 is 0. The van der Waals surface area contributed by atoms with Crippen molar-refractivity contribution in [1.82, 2.24) is 9.55 Å². The Bertz CT molecular complexity index is 638. The predicted octanol–water partition coefficient (Wildman–Crippen LogP) is 0.231. The topological polar surface area (TPSA) is 84.3 Å². The summed E-state index contributed by atoms with van der Waals surface area (Å²) in [6, 6.07) is 1.08. The van der Waals surface area contributed by atoms with E-state index in [9.17, 15) is 14.7 Å². The first kappa shape index (κ1) is 9.52. The molecule has 1 aliphatic rings. The summed E-state index contributed by atoms with van der Waals surface area (Å²) in [5, 5.41) is 10.8. The molecule has 1 saturated heterocycles. The second-order valence-corrected chi connectivity index (χ2v) is 4.57. The number of aliphatic hydroxyl groups is 1. The van der Waals surface area contributed by atoms with E-state index in [4.69, 9.17) is 8.85 Å². The molecule has 1 fully saturated rings. The van der Waals surface area contributed by atoms with Crippen LogP contribution in [0.5, 0.6) is 0 Å². The van der Waals surface area contributed by atoms with Crippen LogP contribution >= 0.6 is 0 Å². The van der Waals surface area contributed by atoms with E-state index in [-0.39, 0.29) is 0 Å². The Labute approximate surface area is 108 Å². The van der Waals surface area contributed by atoms with Gasteiger partial charge in [-0.05, 0) is 13.3 Å². The lowest BCUT2D eigenvalue weighted by Gasteiger charge is -2.28. The van der Waals surface area contributed by atoms with Crippen LogP contribution in [0.4, 0.5) is 0 Å². The molecule has 2 heterocycles. The fraction of sp³-hybridized carbons (Fsp3) is 0.667. The van der Waals surface area contributed by atoms with Gasteiger partial charge in [0.25, 0.3) is 5.56 Å². The molecule has 2 rings (SSSR count). The van der Waals surface area contributed by atoms with E-state index in [0.717, 1.165) is 16.8 Å². The standard InChI is InChI=1S/C12H18N2O4/c1-4-8-7(2)12(3,17)10(18-8)14-6-5-9(15)13-11(14)16/h5-8,10,17H,4H2,1-3H3,(H,13,15,16)/t7-,8-,10-,12+/m1/s1/i3+1D3. The van der Waals surface area contributed by atoms with Gasteiger partial charge in [-0.3, -0.25) is 14.3 Å². The minimum atomic E-state index is -2.74. The lowest BCUT2D eigenvalue weighted by molar-refractivity contribution is -0.0876. The number of aromatic amines is 1. The normalized spacial score (nSPS) is 39.1. The van der Waals surface area contributed by atoms with Crippen molar-refractivity contribution in [3.63, 3.8) is 0 Å². The fourth-order valence-electron chi connectivity index (χ4n) is 2.23. The van der Waals surface area contributed by atoms with Gasteiger partial charge in [0.15, 0.2) is 6.23 Å². The summed E-state index contributed by atoms with van der Waals surface area (Å²) < 4.78 is 29.4. The third-order valence-corrected chi connectivity index (χ3v) is 3.44. The van der Waals surface area contributed by atoms with Gasteiger partial charge in [-0.1, -0.05) is 13.8 Å². The van der Waals surface area contributed by atoms with Gasteiger partial charge in [-0.2, -0.15) is 0 Å². The van der Waals surface area contributed by atoms with Crippen molar-refractivity contribution in [1.29, 1.82) is 0 Å². The van der Waals surface area contributed by atoms with E-state index in [0.29, 0.717) is 6.42 Å². The predicted molar refractivity (Wildman–Crippen MR) is 65.3 cm³/mol. The highest BCUT2D eigenvalue weighted by Gasteiger charge is 2.50. The number of nitrogens with one attached hydrogen (secondary N) is 1. The lowest BCUT2D eigenvalue weighted by atomic mass is 9.91. The summed E-state index contributed by atoms with van der Waals surface area (Å²) in [6.07, 6.45) is -0.255. The SMILES string of the molecule is [2H][13C]([2H])([2H])[C@]1(O)[C@H](C)[C@@H](CC)O[C@H]1n1ccc(=O)[nH]c1=O. The second kappa shape index (κ2) is 4.37. The molecule has 0 aromatic carbocycles. The van der Waals surface area contributed by atoms with Crippen molar-refractivity contribution in [2.45, 2.75) is 45.1 Å². The zero-order valence-corrected chi connectivity index (χ0v) is 10.2. The maximum absolute atomic E-state index is 11.9. The molecule has 0 aliphatic carbocycles. The van der Waals surface area contributed by atoms with Crippen molar-refractivity contribution in [3.05, 3.63) is 33.1 Å². The van der Waals surface area contributed by atoms with Gasteiger partial charge in [0.05, 0.1) is 6.10 Å². The van der Waals surface area contributed by atoms with Gasteiger partial charge in [0.1, 0.15) is 5.60 Å². The molecular formula is C12H18N2O4. The number of hydrogen-bond acceptors (Lipinski definition) is 4. The van der Waals surface area contributed by atoms with Crippen molar-refractivity contribution in [2.75, 3.05) is 0 Å². The summed E-state index contributed by atoms with van der Waals surface area (Å²) in [4.78, 5) is 25.0. The van der Waals surface area contributed by atoms with Gasteiger partial charge in [0.2, 0.25) is 0 Å². The molecule has 0 spiro atoms.